The molecule has 5 nitrogen and oxygen atoms in total. The Morgan fingerprint density at radius 2 is 1.70 bits per heavy atom. The number of carbonyl (C=O) groups is 2. The first-order valence-corrected chi connectivity index (χ1v) is 6.73. The van der Waals surface area contributed by atoms with Crippen LogP contribution in [0.1, 0.15) is 27.2 Å². The zero-order chi connectivity index (χ0) is 15.1. The van der Waals surface area contributed by atoms with Crippen LogP contribution >= 0.6 is 0 Å². The fourth-order valence-electron chi connectivity index (χ4n) is 1.61. The van der Waals surface area contributed by atoms with E-state index in [4.69, 9.17) is 4.74 Å². The molecule has 110 valence electrons. The number of ether oxygens (including phenoxy) is 1. The summed E-state index contributed by atoms with van der Waals surface area (Å²) in [5, 5.41) is 5.91. The molecule has 0 spiro atoms. The zero-order valence-corrected chi connectivity index (χ0v) is 12.4. The second-order valence-electron chi connectivity index (χ2n) is 4.85. The predicted octanol–water partition coefficient (Wildman–Crippen LogP) is 2.64. The summed E-state index contributed by atoms with van der Waals surface area (Å²) in [4.78, 5) is 23.1. The van der Waals surface area contributed by atoms with Crippen molar-refractivity contribution >= 4 is 23.3 Å². The molecule has 0 bridgehead atoms. The fraction of sp³-hybridized carbons (Fsp3) is 0.467. The molecule has 0 saturated heterocycles. The van der Waals surface area contributed by atoms with Gasteiger partial charge in [0, 0.05) is 17.3 Å². The predicted molar refractivity (Wildman–Crippen MR) is 79.6 cm³/mol. The largest absolute Gasteiger partial charge is 0.467 e. The summed E-state index contributed by atoms with van der Waals surface area (Å²) in [6.45, 7) is 5.59. The molecule has 1 amide bonds. The van der Waals surface area contributed by atoms with Gasteiger partial charge in [-0.15, -0.1) is 0 Å². The lowest BCUT2D eigenvalue weighted by atomic mass is 10.2. The molecule has 1 aromatic carbocycles. The summed E-state index contributed by atoms with van der Waals surface area (Å²) < 4.78 is 4.72. The number of amides is 1. The first kappa shape index (κ1) is 16.0. The first-order chi connectivity index (χ1) is 9.47. The summed E-state index contributed by atoms with van der Waals surface area (Å²) in [6, 6.07) is 6.87. The molecular formula is C15H22N2O3. The number of hydrogen-bond donors (Lipinski definition) is 2. The van der Waals surface area contributed by atoms with Gasteiger partial charge in [-0.25, -0.2) is 4.79 Å². The third kappa shape index (κ3) is 4.57. The molecule has 0 aliphatic heterocycles. The number of hydrogen-bond acceptors (Lipinski definition) is 4. The van der Waals surface area contributed by atoms with Crippen LogP contribution in [0.2, 0.25) is 0 Å². The molecule has 2 N–H and O–H groups in total. The van der Waals surface area contributed by atoms with E-state index in [0.29, 0.717) is 6.42 Å². The Kier molecular flexibility index (Phi) is 6.03. The molecule has 1 atom stereocenters. The Morgan fingerprint density at radius 1 is 1.15 bits per heavy atom. The van der Waals surface area contributed by atoms with E-state index in [1.165, 1.54) is 7.11 Å². The van der Waals surface area contributed by atoms with E-state index in [-0.39, 0.29) is 23.8 Å². The van der Waals surface area contributed by atoms with Crippen LogP contribution in [0, 0.1) is 5.92 Å². The number of benzene rings is 1. The Morgan fingerprint density at radius 3 is 2.15 bits per heavy atom. The number of esters is 1. The van der Waals surface area contributed by atoms with E-state index >= 15 is 0 Å². The molecule has 0 aliphatic carbocycles. The fourth-order valence-corrected chi connectivity index (χ4v) is 1.61. The lowest BCUT2D eigenvalue weighted by Gasteiger charge is -2.16. The van der Waals surface area contributed by atoms with Crippen molar-refractivity contribution in [3.05, 3.63) is 24.3 Å². The van der Waals surface area contributed by atoms with Crippen molar-refractivity contribution in [2.24, 2.45) is 5.92 Å². The number of nitrogens with one attached hydrogen (secondary N) is 2. The molecule has 1 rings (SSSR count). The molecule has 1 aromatic rings. The molecule has 0 radical (unpaired) electrons. The highest BCUT2D eigenvalue weighted by Crippen LogP contribution is 2.16. The van der Waals surface area contributed by atoms with Crippen molar-refractivity contribution in [2.75, 3.05) is 17.7 Å². The average molecular weight is 278 g/mol. The average Bonchev–Trinajstić information content (AvgIpc) is 2.45. The van der Waals surface area contributed by atoms with Gasteiger partial charge in [-0.05, 0) is 30.7 Å². The second-order valence-corrected chi connectivity index (χ2v) is 4.85. The quantitative estimate of drug-likeness (QED) is 0.785. The number of carbonyl (C=O) groups excluding carboxylic acids is 2. The molecule has 5 heteroatoms. The monoisotopic (exact) mass is 278 g/mol. The Labute approximate surface area is 119 Å². The molecular weight excluding hydrogens is 256 g/mol. The van der Waals surface area contributed by atoms with Gasteiger partial charge < -0.3 is 15.4 Å². The normalized spacial score (nSPS) is 11.8. The SMILES string of the molecule is CCC(Nc1ccc(NC(=O)C(C)C)cc1)C(=O)OC. The van der Waals surface area contributed by atoms with Gasteiger partial charge in [0.2, 0.25) is 5.91 Å². The Balaban J connectivity index is 2.66. The van der Waals surface area contributed by atoms with E-state index in [1.807, 2.05) is 32.9 Å². The maximum atomic E-state index is 11.6. The van der Waals surface area contributed by atoms with E-state index in [0.717, 1.165) is 11.4 Å². The molecule has 0 heterocycles. The van der Waals surface area contributed by atoms with Gasteiger partial charge in [-0.1, -0.05) is 20.8 Å². The lowest BCUT2D eigenvalue weighted by Crippen LogP contribution is -2.29. The highest BCUT2D eigenvalue weighted by molar-refractivity contribution is 5.92. The van der Waals surface area contributed by atoms with E-state index in [9.17, 15) is 9.59 Å². The molecule has 1 unspecified atom stereocenters. The molecule has 0 saturated carbocycles. The third-order valence-electron chi connectivity index (χ3n) is 2.91. The van der Waals surface area contributed by atoms with Crippen LogP contribution in [-0.2, 0) is 14.3 Å². The van der Waals surface area contributed by atoms with Gasteiger partial charge in [0.25, 0.3) is 0 Å². The maximum Gasteiger partial charge on any atom is 0.328 e. The van der Waals surface area contributed by atoms with Gasteiger partial charge in [0.15, 0.2) is 0 Å². The van der Waals surface area contributed by atoms with Crippen LogP contribution in [0.15, 0.2) is 24.3 Å². The second kappa shape index (κ2) is 7.53. The number of anilines is 2. The van der Waals surface area contributed by atoms with Crippen LogP contribution in [0.25, 0.3) is 0 Å². The number of rotatable bonds is 6. The molecule has 0 aliphatic rings. The van der Waals surface area contributed by atoms with Gasteiger partial charge in [-0.2, -0.15) is 0 Å². The van der Waals surface area contributed by atoms with Crippen LogP contribution in [0.4, 0.5) is 11.4 Å². The van der Waals surface area contributed by atoms with Crippen molar-refractivity contribution in [2.45, 2.75) is 33.2 Å². The van der Waals surface area contributed by atoms with Crippen LogP contribution in [0.5, 0.6) is 0 Å². The van der Waals surface area contributed by atoms with Gasteiger partial charge >= 0.3 is 5.97 Å². The summed E-state index contributed by atoms with van der Waals surface area (Å²) in [7, 11) is 1.37. The third-order valence-corrected chi connectivity index (χ3v) is 2.91. The van der Waals surface area contributed by atoms with Crippen LogP contribution in [-0.4, -0.2) is 25.0 Å². The maximum absolute atomic E-state index is 11.6. The van der Waals surface area contributed by atoms with Gasteiger partial charge in [0.1, 0.15) is 6.04 Å². The standard InChI is InChI=1S/C15H22N2O3/c1-5-13(15(19)20-4)16-11-6-8-12(9-7-11)17-14(18)10(2)3/h6-10,13,16H,5H2,1-4H3,(H,17,18). The minimum absolute atomic E-state index is 0.0216. The molecule has 20 heavy (non-hydrogen) atoms. The summed E-state index contributed by atoms with van der Waals surface area (Å²) in [6.07, 6.45) is 0.637. The van der Waals surface area contributed by atoms with Gasteiger partial charge in [0.05, 0.1) is 7.11 Å². The highest BCUT2D eigenvalue weighted by Gasteiger charge is 2.16. The van der Waals surface area contributed by atoms with E-state index < -0.39 is 0 Å². The van der Waals surface area contributed by atoms with Gasteiger partial charge in [-0.3, -0.25) is 4.79 Å². The van der Waals surface area contributed by atoms with Crippen molar-refractivity contribution in [3.8, 4) is 0 Å². The summed E-state index contributed by atoms with van der Waals surface area (Å²) in [5.74, 6) is -0.368. The van der Waals surface area contributed by atoms with Crippen molar-refractivity contribution in [1.29, 1.82) is 0 Å². The van der Waals surface area contributed by atoms with Crippen molar-refractivity contribution in [3.63, 3.8) is 0 Å². The minimum Gasteiger partial charge on any atom is -0.467 e. The van der Waals surface area contributed by atoms with Crippen molar-refractivity contribution < 1.29 is 14.3 Å². The Bertz CT molecular complexity index is 455. The smallest absolute Gasteiger partial charge is 0.328 e. The zero-order valence-electron chi connectivity index (χ0n) is 12.4. The highest BCUT2D eigenvalue weighted by atomic mass is 16.5. The first-order valence-electron chi connectivity index (χ1n) is 6.73. The molecule has 0 aromatic heterocycles. The summed E-state index contributed by atoms with van der Waals surface area (Å²) in [5.41, 5.74) is 1.55. The number of methoxy groups -OCH3 is 1. The molecule has 0 fully saturated rings. The minimum atomic E-state index is -0.365. The van der Waals surface area contributed by atoms with E-state index in [2.05, 4.69) is 10.6 Å². The van der Waals surface area contributed by atoms with Crippen molar-refractivity contribution in [1.82, 2.24) is 0 Å². The topological polar surface area (TPSA) is 67.4 Å². The van der Waals surface area contributed by atoms with E-state index in [1.54, 1.807) is 12.1 Å². The lowest BCUT2D eigenvalue weighted by molar-refractivity contribution is -0.141. The Hall–Kier alpha value is -2.04. The van der Waals surface area contributed by atoms with Crippen LogP contribution in [0.3, 0.4) is 0 Å². The summed E-state index contributed by atoms with van der Waals surface area (Å²) >= 11 is 0. The van der Waals surface area contributed by atoms with Crippen LogP contribution < -0.4 is 10.6 Å².